The first kappa shape index (κ1) is 42.4. The third kappa shape index (κ3) is 10.2. The highest BCUT2D eigenvalue weighted by Gasteiger charge is 2.47. The third-order valence-electron chi connectivity index (χ3n) is 8.98. The molecule has 0 fully saturated rings. The van der Waals surface area contributed by atoms with Gasteiger partial charge in [-0.05, 0) is 60.4 Å². The molecule has 0 aliphatic heterocycles. The molecular formula is C40H44N2O11S2. The molecule has 4 N–H and O–H groups in total. The van der Waals surface area contributed by atoms with Crippen LogP contribution in [0.5, 0.6) is 0 Å². The van der Waals surface area contributed by atoms with Crippen molar-refractivity contribution in [3.63, 3.8) is 0 Å². The minimum Gasteiger partial charge on any atom is -0.478 e. The number of hydrogen-bond donors (Lipinski definition) is 3. The number of carbonyl (C=O) groups excluding carboxylic acids is 3. The number of carboxylic acid groups (broad SMARTS) is 1. The summed E-state index contributed by atoms with van der Waals surface area (Å²) in [6, 6.07) is 27.0. The first-order valence-electron chi connectivity index (χ1n) is 17.3. The van der Waals surface area contributed by atoms with E-state index < -0.39 is 48.6 Å². The van der Waals surface area contributed by atoms with Crippen LogP contribution in [0.2, 0.25) is 0 Å². The van der Waals surface area contributed by atoms with Crippen LogP contribution in [-0.4, -0.2) is 82.6 Å². The summed E-state index contributed by atoms with van der Waals surface area (Å²) in [6.07, 6.45) is 3.80. The van der Waals surface area contributed by atoms with E-state index in [4.69, 9.17) is 20.3 Å². The van der Waals surface area contributed by atoms with Crippen molar-refractivity contribution in [2.45, 2.75) is 60.4 Å². The van der Waals surface area contributed by atoms with Gasteiger partial charge in [0.1, 0.15) is 11.1 Å². The highest BCUT2D eigenvalue weighted by molar-refractivity contribution is 7.91. The molecule has 4 aromatic carbocycles. The SMILES string of the molecule is CCOC(=O)C1(N)Cc2ccccc2C1.CCOC(=O)C1(NC(=O)c2ccccc2S(C)(=O)=O)Cc2ccccc2C1.CS(=O)(=O)c1ccccc1C(=O)O. The van der Waals surface area contributed by atoms with Crippen molar-refractivity contribution in [3.8, 4) is 0 Å². The van der Waals surface area contributed by atoms with E-state index in [9.17, 15) is 36.0 Å². The molecule has 0 saturated heterocycles. The van der Waals surface area contributed by atoms with Gasteiger partial charge in [0.05, 0.1) is 34.1 Å². The monoisotopic (exact) mass is 792 g/mol. The van der Waals surface area contributed by atoms with Gasteiger partial charge in [-0.25, -0.2) is 26.4 Å². The summed E-state index contributed by atoms with van der Waals surface area (Å²) in [4.78, 5) is 47.7. The smallest absolute Gasteiger partial charge is 0.337 e. The zero-order valence-corrected chi connectivity index (χ0v) is 32.5. The molecule has 0 spiro atoms. The van der Waals surface area contributed by atoms with E-state index in [-0.39, 0.29) is 33.5 Å². The molecule has 1 amide bonds. The first-order valence-corrected chi connectivity index (χ1v) is 21.0. The lowest BCUT2D eigenvalue weighted by Crippen LogP contribution is -2.56. The highest BCUT2D eigenvalue weighted by atomic mass is 32.2. The third-order valence-corrected chi connectivity index (χ3v) is 11.3. The summed E-state index contributed by atoms with van der Waals surface area (Å²) in [7, 11) is -7.05. The summed E-state index contributed by atoms with van der Waals surface area (Å²) >= 11 is 0. The van der Waals surface area contributed by atoms with Crippen LogP contribution in [0.25, 0.3) is 0 Å². The molecule has 15 heteroatoms. The van der Waals surface area contributed by atoms with Crippen LogP contribution in [-0.2, 0) is 64.4 Å². The van der Waals surface area contributed by atoms with Gasteiger partial charge in [0.2, 0.25) is 0 Å². The van der Waals surface area contributed by atoms with Crippen LogP contribution in [0.15, 0.2) is 107 Å². The summed E-state index contributed by atoms with van der Waals surface area (Å²) < 4.78 is 56.4. The van der Waals surface area contributed by atoms with Crippen LogP contribution in [0.3, 0.4) is 0 Å². The molecule has 13 nitrogen and oxygen atoms in total. The van der Waals surface area contributed by atoms with E-state index in [0.717, 1.165) is 34.8 Å². The number of benzene rings is 4. The minimum absolute atomic E-state index is 0.0135. The van der Waals surface area contributed by atoms with Crippen molar-refractivity contribution >= 4 is 43.5 Å². The number of ether oxygens (including phenoxy) is 2. The molecule has 0 saturated carbocycles. The Bertz CT molecular complexity index is 2250. The van der Waals surface area contributed by atoms with Crippen molar-refractivity contribution < 1.29 is 50.6 Å². The normalized spacial score (nSPS) is 14.7. The maximum Gasteiger partial charge on any atom is 0.337 e. The van der Waals surface area contributed by atoms with Crippen molar-refractivity contribution in [1.82, 2.24) is 5.32 Å². The molecule has 0 bridgehead atoms. The summed E-state index contributed by atoms with van der Waals surface area (Å²) in [5, 5.41) is 11.4. The number of amides is 1. The molecular weight excluding hydrogens is 749 g/mol. The fraction of sp³-hybridized carbons (Fsp3) is 0.300. The van der Waals surface area contributed by atoms with Crippen molar-refractivity contribution in [3.05, 3.63) is 130 Å². The number of carbonyl (C=O) groups is 4. The van der Waals surface area contributed by atoms with Gasteiger partial charge < -0.3 is 25.6 Å². The maximum absolute atomic E-state index is 12.9. The summed E-state index contributed by atoms with van der Waals surface area (Å²) in [5.74, 6) is -2.66. The van der Waals surface area contributed by atoms with Crippen LogP contribution in [0.4, 0.5) is 0 Å². The predicted octanol–water partition coefficient (Wildman–Crippen LogP) is 3.75. The van der Waals surface area contributed by atoms with Gasteiger partial charge in [-0.3, -0.25) is 9.59 Å². The van der Waals surface area contributed by atoms with Crippen LogP contribution >= 0.6 is 0 Å². The van der Waals surface area contributed by atoms with E-state index in [1.165, 1.54) is 36.4 Å². The summed E-state index contributed by atoms with van der Waals surface area (Å²) in [5.41, 5.74) is 8.03. The highest BCUT2D eigenvalue weighted by Crippen LogP contribution is 2.32. The number of rotatable bonds is 9. The van der Waals surface area contributed by atoms with Gasteiger partial charge in [-0.1, -0.05) is 72.8 Å². The second kappa shape index (κ2) is 17.4. The van der Waals surface area contributed by atoms with E-state index >= 15 is 0 Å². The van der Waals surface area contributed by atoms with Gasteiger partial charge in [-0.2, -0.15) is 0 Å². The molecule has 0 heterocycles. The lowest BCUT2D eigenvalue weighted by Gasteiger charge is -2.28. The Labute approximate surface area is 320 Å². The number of nitrogens with two attached hydrogens (primary N) is 1. The fourth-order valence-electron chi connectivity index (χ4n) is 6.46. The molecule has 292 valence electrons. The molecule has 0 aromatic heterocycles. The van der Waals surface area contributed by atoms with Gasteiger partial charge in [-0.15, -0.1) is 0 Å². The fourth-order valence-corrected chi connectivity index (χ4v) is 8.23. The second-order valence-electron chi connectivity index (χ2n) is 13.2. The standard InChI is InChI=1S/C20H21NO5S.C12H15NO2.C8H8O4S/c1-3-26-19(23)20(12-14-8-4-5-9-15(14)13-20)21-18(22)16-10-6-7-11-17(16)27(2,24)25;1-2-15-11(14)12(13)7-9-5-3-4-6-10(9)8-12;1-13(11,12)7-5-3-2-4-6(7)8(9)10/h4-11H,3,12-13H2,1-2H3,(H,21,22);3-6H,2,7-8,13H2,1H3;2-5H,1H3,(H,9,10). The molecule has 0 unspecified atom stereocenters. The van der Waals surface area contributed by atoms with Crippen LogP contribution in [0.1, 0.15) is 56.8 Å². The number of nitrogens with one attached hydrogen (secondary N) is 1. The van der Waals surface area contributed by atoms with Gasteiger partial charge in [0, 0.05) is 38.2 Å². The molecule has 4 aromatic rings. The Morgan fingerprint density at radius 2 is 0.982 bits per heavy atom. The average Bonchev–Trinajstić information content (AvgIpc) is 3.70. The number of fused-ring (bicyclic) bond motifs is 2. The molecule has 0 atom stereocenters. The van der Waals surface area contributed by atoms with E-state index in [2.05, 4.69) is 5.32 Å². The van der Waals surface area contributed by atoms with Gasteiger partial charge in [0.25, 0.3) is 5.91 Å². The Balaban J connectivity index is 0.000000202. The number of aromatic carboxylic acids is 1. The van der Waals surface area contributed by atoms with Crippen molar-refractivity contribution in [2.24, 2.45) is 5.73 Å². The quantitative estimate of drug-likeness (QED) is 0.207. The zero-order valence-electron chi connectivity index (χ0n) is 30.9. The Morgan fingerprint density at radius 1 is 0.618 bits per heavy atom. The van der Waals surface area contributed by atoms with Crippen molar-refractivity contribution in [2.75, 3.05) is 25.7 Å². The Hall–Kier alpha value is -5.38. The van der Waals surface area contributed by atoms with E-state index in [1.807, 2.05) is 48.5 Å². The number of esters is 2. The Morgan fingerprint density at radius 3 is 1.38 bits per heavy atom. The van der Waals surface area contributed by atoms with Gasteiger partial charge in [0.15, 0.2) is 19.7 Å². The lowest BCUT2D eigenvalue weighted by atomic mass is 9.95. The minimum atomic E-state index is -3.59. The molecule has 2 aliphatic carbocycles. The molecule has 0 radical (unpaired) electrons. The average molecular weight is 793 g/mol. The number of carboxylic acids is 1. The summed E-state index contributed by atoms with van der Waals surface area (Å²) in [6.45, 7) is 4.07. The maximum atomic E-state index is 12.9. The van der Waals surface area contributed by atoms with Gasteiger partial charge >= 0.3 is 17.9 Å². The largest absolute Gasteiger partial charge is 0.478 e. The van der Waals surface area contributed by atoms with Crippen LogP contribution < -0.4 is 11.1 Å². The molecule has 6 rings (SSSR count). The molecule has 55 heavy (non-hydrogen) atoms. The lowest BCUT2D eigenvalue weighted by molar-refractivity contribution is -0.150. The number of sulfone groups is 2. The predicted molar refractivity (Wildman–Crippen MR) is 204 cm³/mol. The van der Waals surface area contributed by atoms with E-state index in [0.29, 0.717) is 32.3 Å². The first-order chi connectivity index (χ1) is 25.8. The van der Waals surface area contributed by atoms with Crippen molar-refractivity contribution in [1.29, 1.82) is 0 Å². The van der Waals surface area contributed by atoms with E-state index in [1.54, 1.807) is 26.0 Å². The van der Waals surface area contributed by atoms with Crippen LogP contribution in [0, 0.1) is 0 Å². The number of hydrogen-bond acceptors (Lipinski definition) is 11. The second-order valence-corrected chi connectivity index (χ2v) is 17.2. The zero-order chi connectivity index (χ0) is 40.6. The topological polar surface area (TPSA) is 213 Å². The molecule has 2 aliphatic rings. The Kier molecular flexibility index (Phi) is 13.4.